The van der Waals surface area contributed by atoms with Crippen molar-refractivity contribution in [1.29, 1.82) is 0 Å². The molecule has 6 heteroatoms. The Morgan fingerprint density at radius 3 is 2.16 bits per heavy atom. The Bertz CT molecular complexity index is 1070. The molecule has 0 unspecified atom stereocenters. The molecule has 1 amide bonds. The van der Waals surface area contributed by atoms with Crippen molar-refractivity contribution < 1.29 is 4.79 Å². The van der Waals surface area contributed by atoms with E-state index in [-0.39, 0.29) is 16.6 Å². The first-order valence-electron chi connectivity index (χ1n) is 10.5. The number of benzene rings is 2. The molecule has 1 heterocycles. The van der Waals surface area contributed by atoms with E-state index < -0.39 is 0 Å². The topological polar surface area (TPSA) is 59.8 Å². The summed E-state index contributed by atoms with van der Waals surface area (Å²) in [5, 5.41) is 12.2. The van der Waals surface area contributed by atoms with Gasteiger partial charge in [-0.1, -0.05) is 74.5 Å². The molecule has 1 atom stereocenters. The standard InChI is InChI=1S/C25H32N4OS/c1-15-13-16(2)21(17(3)14-15)26-23(30)18(4)31-24-28-27-22(29(24)8)19-9-11-20(12-10-19)25(5,6)7/h9-14,18H,1-8H3,(H,26,30)/t18-/m1/s1. The van der Waals surface area contributed by atoms with Crippen LogP contribution in [0.15, 0.2) is 41.6 Å². The van der Waals surface area contributed by atoms with Crippen LogP contribution in [0.25, 0.3) is 11.4 Å². The van der Waals surface area contributed by atoms with E-state index in [2.05, 4.69) is 79.6 Å². The normalized spacial score (nSPS) is 12.6. The van der Waals surface area contributed by atoms with Crippen LogP contribution in [0.1, 0.15) is 49.9 Å². The molecule has 0 radical (unpaired) electrons. The van der Waals surface area contributed by atoms with Crippen LogP contribution in [0.2, 0.25) is 0 Å². The van der Waals surface area contributed by atoms with Gasteiger partial charge in [0.05, 0.1) is 5.25 Å². The number of carbonyl (C=O) groups excluding carboxylic acids is 1. The van der Waals surface area contributed by atoms with Crippen LogP contribution in [0.4, 0.5) is 5.69 Å². The fourth-order valence-corrected chi connectivity index (χ4v) is 4.42. The van der Waals surface area contributed by atoms with Gasteiger partial charge in [-0.15, -0.1) is 10.2 Å². The first-order chi connectivity index (χ1) is 14.5. The summed E-state index contributed by atoms with van der Waals surface area (Å²) in [5.41, 5.74) is 6.62. The maximum Gasteiger partial charge on any atom is 0.237 e. The van der Waals surface area contributed by atoms with Crippen molar-refractivity contribution in [2.24, 2.45) is 7.05 Å². The molecule has 31 heavy (non-hydrogen) atoms. The summed E-state index contributed by atoms with van der Waals surface area (Å²) >= 11 is 1.41. The Morgan fingerprint density at radius 1 is 1.03 bits per heavy atom. The SMILES string of the molecule is Cc1cc(C)c(NC(=O)[C@@H](C)Sc2nnc(-c3ccc(C(C)(C)C)cc3)n2C)c(C)c1. The average Bonchev–Trinajstić information content (AvgIpc) is 3.04. The van der Waals surface area contributed by atoms with Crippen molar-refractivity contribution in [2.75, 3.05) is 5.32 Å². The second kappa shape index (κ2) is 8.87. The van der Waals surface area contributed by atoms with E-state index in [4.69, 9.17) is 0 Å². The van der Waals surface area contributed by atoms with Crippen LogP contribution >= 0.6 is 11.8 Å². The van der Waals surface area contributed by atoms with Crippen molar-refractivity contribution >= 4 is 23.4 Å². The zero-order valence-corrected chi connectivity index (χ0v) is 20.5. The largest absolute Gasteiger partial charge is 0.325 e. The molecular weight excluding hydrogens is 404 g/mol. The Hall–Kier alpha value is -2.60. The smallest absolute Gasteiger partial charge is 0.237 e. The number of aromatic nitrogens is 3. The highest BCUT2D eigenvalue weighted by molar-refractivity contribution is 8.00. The van der Waals surface area contributed by atoms with E-state index in [0.717, 1.165) is 33.4 Å². The molecule has 0 aliphatic rings. The second-order valence-corrected chi connectivity index (χ2v) is 10.5. The van der Waals surface area contributed by atoms with E-state index >= 15 is 0 Å². The maximum absolute atomic E-state index is 12.8. The lowest BCUT2D eigenvalue weighted by Gasteiger charge is -2.19. The van der Waals surface area contributed by atoms with E-state index in [1.165, 1.54) is 22.9 Å². The molecule has 164 valence electrons. The number of carbonyl (C=O) groups is 1. The molecule has 0 bridgehead atoms. The Kier molecular flexibility index (Phi) is 6.60. The van der Waals surface area contributed by atoms with Gasteiger partial charge in [0.15, 0.2) is 11.0 Å². The quantitative estimate of drug-likeness (QED) is 0.512. The van der Waals surface area contributed by atoms with Crippen molar-refractivity contribution in [1.82, 2.24) is 14.8 Å². The summed E-state index contributed by atoms with van der Waals surface area (Å²) in [6.45, 7) is 14.6. The highest BCUT2D eigenvalue weighted by atomic mass is 32.2. The third-order valence-electron chi connectivity index (χ3n) is 5.42. The number of thioether (sulfide) groups is 1. The monoisotopic (exact) mass is 436 g/mol. The minimum absolute atomic E-state index is 0.0425. The molecule has 0 saturated heterocycles. The van der Waals surface area contributed by atoms with E-state index in [9.17, 15) is 4.79 Å². The number of hydrogen-bond donors (Lipinski definition) is 1. The highest BCUT2D eigenvalue weighted by Crippen LogP contribution is 2.29. The first-order valence-corrected chi connectivity index (χ1v) is 11.4. The number of hydrogen-bond acceptors (Lipinski definition) is 4. The molecule has 0 aliphatic heterocycles. The number of nitrogens with zero attached hydrogens (tertiary/aromatic N) is 3. The van der Waals surface area contributed by atoms with Crippen molar-refractivity contribution in [3.63, 3.8) is 0 Å². The lowest BCUT2D eigenvalue weighted by Crippen LogP contribution is -2.23. The van der Waals surface area contributed by atoms with Gasteiger partial charge in [0.1, 0.15) is 0 Å². The van der Waals surface area contributed by atoms with Crippen LogP contribution in [-0.2, 0) is 17.3 Å². The predicted octanol–water partition coefficient (Wildman–Crippen LogP) is 5.82. The Labute approximate surface area is 189 Å². The highest BCUT2D eigenvalue weighted by Gasteiger charge is 2.21. The van der Waals surface area contributed by atoms with Crippen LogP contribution in [0.5, 0.6) is 0 Å². The van der Waals surface area contributed by atoms with Gasteiger partial charge in [0.25, 0.3) is 0 Å². The molecule has 0 spiro atoms. The molecule has 2 aromatic carbocycles. The van der Waals surface area contributed by atoms with E-state index in [0.29, 0.717) is 0 Å². The number of amides is 1. The van der Waals surface area contributed by atoms with Gasteiger partial charge in [0.2, 0.25) is 5.91 Å². The number of rotatable bonds is 5. The van der Waals surface area contributed by atoms with Crippen molar-refractivity contribution in [3.8, 4) is 11.4 Å². The molecule has 1 N–H and O–H groups in total. The van der Waals surface area contributed by atoms with Gasteiger partial charge in [-0.2, -0.15) is 0 Å². The van der Waals surface area contributed by atoms with Crippen LogP contribution in [0, 0.1) is 20.8 Å². The fraction of sp³-hybridized carbons (Fsp3) is 0.400. The lowest BCUT2D eigenvalue weighted by molar-refractivity contribution is -0.115. The first kappa shape index (κ1) is 23.1. The molecular formula is C25H32N4OS. The summed E-state index contributed by atoms with van der Waals surface area (Å²) in [7, 11) is 1.94. The molecule has 0 aliphatic carbocycles. The third-order valence-corrected chi connectivity index (χ3v) is 6.55. The summed E-state index contributed by atoms with van der Waals surface area (Å²) in [6, 6.07) is 12.6. The Morgan fingerprint density at radius 2 is 1.61 bits per heavy atom. The van der Waals surface area contributed by atoms with E-state index in [1.807, 2.05) is 32.4 Å². The van der Waals surface area contributed by atoms with E-state index in [1.54, 1.807) is 0 Å². The average molecular weight is 437 g/mol. The zero-order chi connectivity index (χ0) is 22.9. The maximum atomic E-state index is 12.8. The molecule has 0 fully saturated rings. The zero-order valence-electron chi connectivity index (χ0n) is 19.7. The van der Waals surface area contributed by atoms with Gasteiger partial charge in [-0.3, -0.25) is 4.79 Å². The van der Waals surface area contributed by atoms with Gasteiger partial charge in [-0.05, 0) is 49.8 Å². The third kappa shape index (κ3) is 5.18. The summed E-state index contributed by atoms with van der Waals surface area (Å²) < 4.78 is 1.95. The molecule has 3 aromatic rings. The predicted molar refractivity (Wildman–Crippen MR) is 130 cm³/mol. The van der Waals surface area contributed by atoms with Crippen molar-refractivity contribution in [3.05, 3.63) is 58.7 Å². The van der Waals surface area contributed by atoms with Gasteiger partial charge in [-0.25, -0.2) is 0 Å². The lowest BCUT2D eigenvalue weighted by atomic mass is 9.87. The van der Waals surface area contributed by atoms with Gasteiger partial charge < -0.3 is 9.88 Å². The molecule has 5 nitrogen and oxygen atoms in total. The molecule has 0 saturated carbocycles. The minimum Gasteiger partial charge on any atom is -0.325 e. The van der Waals surface area contributed by atoms with Gasteiger partial charge >= 0.3 is 0 Å². The second-order valence-electron chi connectivity index (χ2n) is 9.22. The van der Waals surface area contributed by atoms with Crippen LogP contribution in [0.3, 0.4) is 0 Å². The summed E-state index contributed by atoms with van der Waals surface area (Å²) in [4.78, 5) is 12.8. The summed E-state index contributed by atoms with van der Waals surface area (Å²) in [5.74, 6) is 0.750. The number of nitrogens with one attached hydrogen (secondary N) is 1. The van der Waals surface area contributed by atoms with Crippen LogP contribution in [-0.4, -0.2) is 25.9 Å². The number of aryl methyl sites for hydroxylation is 3. The minimum atomic E-state index is -0.306. The summed E-state index contributed by atoms with van der Waals surface area (Å²) in [6.07, 6.45) is 0. The fourth-order valence-electron chi connectivity index (χ4n) is 3.60. The van der Waals surface area contributed by atoms with Gasteiger partial charge in [0, 0.05) is 18.3 Å². The molecule has 1 aromatic heterocycles. The number of anilines is 1. The van der Waals surface area contributed by atoms with Crippen LogP contribution < -0.4 is 5.32 Å². The Balaban J connectivity index is 1.74. The van der Waals surface area contributed by atoms with Crippen molar-refractivity contribution in [2.45, 2.75) is 64.3 Å². The molecule has 3 rings (SSSR count).